The SMILES string of the molecule is C=C(F)C(=O)N1CCN(c2nc(OC[C@@H]3CCCN3C)nc3c2CN(C)C2(CCCc4ccccc42)C3)C[C@@H]1CC#N. The molecule has 4 aliphatic rings. The zero-order chi connectivity index (χ0) is 29.4. The second-order valence-corrected chi connectivity index (χ2v) is 12.3. The zero-order valence-corrected chi connectivity index (χ0v) is 24.7. The highest BCUT2D eigenvalue weighted by Gasteiger charge is 2.45. The van der Waals surface area contributed by atoms with Crippen molar-refractivity contribution in [2.24, 2.45) is 0 Å². The maximum absolute atomic E-state index is 13.8. The zero-order valence-electron chi connectivity index (χ0n) is 24.7. The van der Waals surface area contributed by atoms with E-state index in [2.05, 4.69) is 65.7 Å². The van der Waals surface area contributed by atoms with Gasteiger partial charge in [-0.1, -0.05) is 30.8 Å². The van der Waals surface area contributed by atoms with Crippen LogP contribution in [0.3, 0.4) is 0 Å². The molecule has 222 valence electrons. The van der Waals surface area contributed by atoms with Gasteiger partial charge in [-0.3, -0.25) is 9.69 Å². The number of likely N-dealkylation sites (tertiary alicyclic amines) is 1. The van der Waals surface area contributed by atoms with E-state index >= 15 is 0 Å². The summed E-state index contributed by atoms with van der Waals surface area (Å²) >= 11 is 0. The number of likely N-dealkylation sites (N-methyl/N-ethyl adjacent to an activating group) is 2. The molecule has 42 heavy (non-hydrogen) atoms. The number of halogens is 1. The molecule has 6 rings (SSSR count). The van der Waals surface area contributed by atoms with Gasteiger partial charge in [0.1, 0.15) is 12.4 Å². The van der Waals surface area contributed by atoms with Crippen molar-refractivity contribution in [3.8, 4) is 12.1 Å². The van der Waals surface area contributed by atoms with E-state index in [1.54, 1.807) is 0 Å². The molecule has 1 aliphatic carbocycles. The first-order valence-corrected chi connectivity index (χ1v) is 15.1. The number of nitrogens with zero attached hydrogens (tertiary/aromatic N) is 7. The van der Waals surface area contributed by atoms with Crippen LogP contribution in [0.5, 0.6) is 6.01 Å². The van der Waals surface area contributed by atoms with Crippen molar-refractivity contribution >= 4 is 11.7 Å². The standard InChI is InChI=1S/C32H40FN7O2/c1-22(33)30(41)40-17-16-39(19-24(40)12-14-34)29-26-20-38(3)32(13-6-9-23-8-4-5-11-27(23)32)18-28(26)35-31(36-29)42-21-25-10-7-15-37(25)2/h4-5,8,11,24-25H,1,6-7,9-10,12-13,15-21H2,2-3H3/t24-,25-,32?/m0/s1. The Hall–Kier alpha value is -3.55. The Kier molecular flexibility index (Phi) is 7.90. The first kappa shape index (κ1) is 28.6. The van der Waals surface area contributed by atoms with Crippen LogP contribution in [0.2, 0.25) is 0 Å². The predicted molar refractivity (Wildman–Crippen MR) is 158 cm³/mol. The topological polar surface area (TPSA) is 88.8 Å². The van der Waals surface area contributed by atoms with E-state index in [1.807, 2.05) is 0 Å². The van der Waals surface area contributed by atoms with Gasteiger partial charge in [-0.15, -0.1) is 0 Å². The third-order valence-corrected chi connectivity index (χ3v) is 9.87. The summed E-state index contributed by atoms with van der Waals surface area (Å²) in [5.41, 5.74) is 4.70. The smallest absolute Gasteiger partial charge is 0.318 e. The van der Waals surface area contributed by atoms with Gasteiger partial charge in [-0.05, 0) is 63.9 Å². The summed E-state index contributed by atoms with van der Waals surface area (Å²) in [5, 5.41) is 9.52. The second-order valence-electron chi connectivity index (χ2n) is 12.3. The molecule has 1 aromatic heterocycles. The summed E-state index contributed by atoms with van der Waals surface area (Å²) < 4.78 is 20.1. The number of carbonyl (C=O) groups excluding carboxylic acids is 1. The number of aromatic nitrogens is 2. The Morgan fingerprint density at radius 2 is 2.02 bits per heavy atom. The largest absolute Gasteiger partial charge is 0.462 e. The minimum absolute atomic E-state index is 0.0972. The van der Waals surface area contributed by atoms with E-state index in [0.29, 0.717) is 38.3 Å². The van der Waals surface area contributed by atoms with Gasteiger partial charge in [0.05, 0.1) is 29.8 Å². The van der Waals surface area contributed by atoms with Crippen LogP contribution in [0.15, 0.2) is 36.7 Å². The first-order chi connectivity index (χ1) is 20.3. The number of hydrogen-bond donors (Lipinski definition) is 0. The summed E-state index contributed by atoms with van der Waals surface area (Å²) in [4.78, 5) is 30.9. The molecule has 1 aromatic carbocycles. The maximum atomic E-state index is 13.8. The van der Waals surface area contributed by atoms with Crippen LogP contribution in [-0.4, -0.2) is 89.5 Å². The Morgan fingerprint density at radius 1 is 1.19 bits per heavy atom. The van der Waals surface area contributed by atoms with Gasteiger partial charge in [0.15, 0.2) is 5.83 Å². The van der Waals surface area contributed by atoms with Gasteiger partial charge >= 0.3 is 6.01 Å². The van der Waals surface area contributed by atoms with Crippen LogP contribution in [0, 0.1) is 11.3 Å². The third kappa shape index (κ3) is 5.13. The quantitative estimate of drug-likeness (QED) is 0.485. The molecule has 1 unspecified atom stereocenters. The van der Waals surface area contributed by atoms with E-state index in [1.165, 1.54) is 16.0 Å². The van der Waals surface area contributed by atoms with Crippen molar-refractivity contribution in [1.29, 1.82) is 5.26 Å². The molecular weight excluding hydrogens is 533 g/mol. The van der Waals surface area contributed by atoms with Gasteiger partial charge in [-0.2, -0.15) is 15.2 Å². The number of ether oxygens (including phenoxy) is 1. The third-order valence-electron chi connectivity index (χ3n) is 9.87. The molecular formula is C32H40FN7O2. The number of amides is 1. The minimum atomic E-state index is -1.00. The number of aryl methyl sites for hydroxylation is 1. The Bertz CT molecular complexity index is 1410. The number of fused-ring (bicyclic) bond motifs is 3. The van der Waals surface area contributed by atoms with Crippen LogP contribution >= 0.6 is 0 Å². The lowest BCUT2D eigenvalue weighted by molar-refractivity contribution is -0.131. The molecule has 2 aromatic rings. The Morgan fingerprint density at radius 3 is 2.79 bits per heavy atom. The second kappa shape index (κ2) is 11.6. The molecule has 0 saturated carbocycles. The van der Waals surface area contributed by atoms with Crippen LogP contribution < -0.4 is 9.64 Å². The average Bonchev–Trinajstić information content (AvgIpc) is 3.40. The highest BCUT2D eigenvalue weighted by Crippen LogP contribution is 2.47. The molecule has 0 N–H and O–H groups in total. The van der Waals surface area contributed by atoms with Gasteiger partial charge in [0, 0.05) is 44.2 Å². The molecule has 0 radical (unpaired) electrons. The van der Waals surface area contributed by atoms with E-state index in [9.17, 15) is 14.4 Å². The number of rotatable bonds is 6. The van der Waals surface area contributed by atoms with Crippen LogP contribution in [-0.2, 0) is 29.7 Å². The average molecular weight is 574 g/mol. The fourth-order valence-electron chi connectivity index (χ4n) is 7.52. The number of nitriles is 1. The molecule has 1 amide bonds. The monoisotopic (exact) mass is 573 g/mol. The lowest BCUT2D eigenvalue weighted by Gasteiger charge is -2.50. The number of carbonyl (C=O) groups is 1. The van der Waals surface area contributed by atoms with Crippen molar-refractivity contribution in [3.05, 3.63) is 59.1 Å². The molecule has 4 heterocycles. The first-order valence-electron chi connectivity index (χ1n) is 15.1. The predicted octanol–water partition coefficient (Wildman–Crippen LogP) is 3.58. The molecule has 2 saturated heterocycles. The van der Waals surface area contributed by atoms with E-state index in [0.717, 1.165) is 62.1 Å². The Labute approximate surface area is 247 Å². The lowest BCUT2D eigenvalue weighted by Crippen LogP contribution is -2.56. The van der Waals surface area contributed by atoms with Crippen molar-refractivity contribution in [1.82, 2.24) is 24.7 Å². The number of anilines is 1. The van der Waals surface area contributed by atoms with E-state index in [-0.39, 0.29) is 18.5 Å². The number of piperazine rings is 1. The van der Waals surface area contributed by atoms with Gasteiger partial charge < -0.3 is 19.4 Å². The normalized spacial score (nSPS) is 26.0. The van der Waals surface area contributed by atoms with Crippen LogP contribution in [0.25, 0.3) is 0 Å². The molecule has 3 aliphatic heterocycles. The minimum Gasteiger partial charge on any atom is -0.462 e. The van der Waals surface area contributed by atoms with E-state index < -0.39 is 17.8 Å². The van der Waals surface area contributed by atoms with Crippen molar-refractivity contribution in [2.45, 2.75) is 69.1 Å². The summed E-state index contributed by atoms with van der Waals surface area (Å²) in [5.74, 6) is -0.963. The van der Waals surface area contributed by atoms with Gasteiger partial charge in [0.2, 0.25) is 0 Å². The summed E-state index contributed by atoms with van der Waals surface area (Å²) in [6.07, 6.45) is 6.37. The van der Waals surface area contributed by atoms with Crippen molar-refractivity contribution < 1.29 is 13.9 Å². The summed E-state index contributed by atoms with van der Waals surface area (Å²) in [6, 6.07) is 11.2. The maximum Gasteiger partial charge on any atom is 0.318 e. The van der Waals surface area contributed by atoms with Crippen molar-refractivity contribution in [2.75, 3.05) is 51.8 Å². The lowest BCUT2D eigenvalue weighted by atomic mass is 9.71. The highest BCUT2D eigenvalue weighted by molar-refractivity contribution is 5.91. The number of hydrogen-bond acceptors (Lipinski definition) is 8. The fraction of sp³-hybridized carbons (Fsp3) is 0.562. The highest BCUT2D eigenvalue weighted by atomic mass is 19.1. The van der Waals surface area contributed by atoms with Crippen LogP contribution in [0.4, 0.5) is 10.2 Å². The summed E-state index contributed by atoms with van der Waals surface area (Å²) in [6.45, 7) is 6.58. The fourth-order valence-corrected chi connectivity index (χ4v) is 7.52. The molecule has 1 spiro atoms. The van der Waals surface area contributed by atoms with E-state index in [4.69, 9.17) is 14.7 Å². The van der Waals surface area contributed by atoms with Crippen LogP contribution in [0.1, 0.15) is 54.5 Å². The molecule has 0 bridgehead atoms. The molecule has 2 fully saturated rings. The molecule has 10 heteroatoms. The Balaban J connectivity index is 1.37. The summed E-state index contributed by atoms with van der Waals surface area (Å²) in [7, 11) is 4.32. The molecule has 3 atom stereocenters. The van der Waals surface area contributed by atoms with Gasteiger partial charge in [-0.25, -0.2) is 4.39 Å². The van der Waals surface area contributed by atoms with Gasteiger partial charge in [0.25, 0.3) is 5.91 Å². The molecule has 9 nitrogen and oxygen atoms in total. The number of benzene rings is 1. The van der Waals surface area contributed by atoms with Crippen molar-refractivity contribution in [3.63, 3.8) is 0 Å².